The Morgan fingerprint density at radius 2 is 0.983 bits per heavy atom. The predicted octanol–water partition coefficient (Wildman–Crippen LogP) is 13.5. The van der Waals surface area contributed by atoms with Gasteiger partial charge < -0.3 is 4.90 Å². The predicted molar refractivity (Wildman–Crippen MR) is 260 cm³/mol. The summed E-state index contributed by atoms with van der Waals surface area (Å²) in [6.07, 6.45) is 7.25. The van der Waals surface area contributed by atoms with E-state index >= 15 is 0 Å². The summed E-state index contributed by atoms with van der Waals surface area (Å²) in [5.74, 6) is 1.07. The Morgan fingerprint density at radius 1 is 0.483 bits per heavy atom. The Morgan fingerprint density at radius 3 is 1.57 bits per heavy atom. The summed E-state index contributed by atoms with van der Waals surface area (Å²) >= 11 is 0. The van der Waals surface area contributed by atoms with Crippen molar-refractivity contribution in [2.45, 2.75) is 175 Å². The fourth-order valence-corrected chi connectivity index (χ4v) is 11.6. The van der Waals surface area contributed by atoms with Crippen LogP contribution in [0, 0.1) is 6.92 Å². The highest BCUT2D eigenvalue weighted by atomic mass is 15.2. The molecule has 0 fully saturated rings. The maximum Gasteiger partial charge on any atom is 0.254 e. The summed E-state index contributed by atoms with van der Waals surface area (Å²) in [5.41, 5.74) is 20.4. The monoisotopic (exact) mass is 796 g/mol. The molecule has 0 spiro atoms. The van der Waals surface area contributed by atoms with Crippen LogP contribution in [0.4, 0.5) is 34.3 Å². The third-order valence-electron chi connectivity index (χ3n) is 15.4. The lowest BCUT2D eigenvalue weighted by molar-refractivity contribution is 0.433. The fourth-order valence-electron chi connectivity index (χ4n) is 11.6. The Kier molecular flexibility index (Phi) is 9.14. The number of aromatic nitrogens is 1. The summed E-state index contributed by atoms with van der Waals surface area (Å²) in [7, 11) is 0. The summed E-state index contributed by atoms with van der Waals surface area (Å²) < 4.78 is 0. The summed E-state index contributed by atoms with van der Waals surface area (Å²) in [6.45, 7) is 36.0. The maximum atomic E-state index is 5.67. The zero-order chi connectivity index (χ0) is 43.1. The van der Waals surface area contributed by atoms with Crippen molar-refractivity contribution in [3.8, 4) is 0 Å². The molecule has 0 N–H and O–H groups in total. The van der Waals surface area contributed by atoms with E-state index in [0.29, 0.717) is 0 Å². The topological polar surface area (TPSA) is 19.4 Å². The first-order valence-electron chi connectivity index (χ1n) is 23.1. The number of benzene rings is 4. The van der Waals surface area contributed by atoms with Gasteiger partial charge in [-0.1, -0.05) is 146 Å². The molecule has 0 amide bonds. The minimum Gasteiger partial charge on any atom is -0.311 e. The number of pyridine rings is 1. The largest absolute Gasteiger partial charge is 0.311 e. The molecule has 5 aromatic rings. The molecule has 2 aliphatic carbocycles. The standard InChI is InChI=1S/C56H70BN3/c1-35-30-48-49-50(58-35)60(39-23-24-40-41(32-39)54(10,11)27-16-26-53(40,8)9)47-34-43-42(55(12,13)28-17-29-56(43,14)15)33-45(47)57(49)44-31-37(52(5,6)7)20-25-46(44)59(48)38-21-18-36(19-22-38)51(2,3)4/h18-25,30-34H,16-17,26-29H2,1-15H3. The van der Waals surface area contributed by atoms with E-state index in [2.05, 4.69) is 193 Å². The van der Waals surface area contributed by atoms with E-state index in [1.807, 2.05) is 0 Å². The van der Waals surface area contributed by atoms with Gasteiger partial charge in [0.25, 0.3) is 6.71 Å². The van der Waals surface area contributed by atoms with E-state index in [1.165, 1.54) is 117 Å². The van der Waals surface area contributed by atoms with E-state index < -0.39 is 0 Å². The van der Waals surface area contributed by atoms with Gasteiger partial charge in [-0.2, -0.15) is 0 Å². The van der Waals surface area contributed by atoms with Crippen molar-refractivity contribution in [2.75, 3.05) is 9.80 Å². The molecule has 0 radical (unpaired) electrons. The number of rotatable bonds is 2. The highest BCUT2D eigenvalue weighted by molar-refractivity contribution is 7.00. The molecule has 3 heterocycles. The van der Waals surface area contributed by atoms with Gasteiger partial charge in [-0.3, -0.25) is 4.90 Å². The molecule has 312 valence electrons. The van der Waals surface area contributed by atoms with Crippen molar-refractivity contribution in [3.05, 3.63) is 118 Å². The second kappa shape index (κ2) is 13.3. The van der Waals surface area contributed by atoms with E-state index in [-0.39, 0.29) is 39.2 Å². The van der Waals surface area contributed by atoms with Crippen molar-refractivity contribution in [1.29, 1.82) is 0 Å². The first-order chi connectivity index (χ1) is 27.9. The van der Waals surface area contributed by atoms with Gasteiger partial charge in [0.2, 0.25) is 0 Å². The van der Waals surface area contributed by atoms with Crippen LogP contribution in [-0.2, 0) is 32.5 Å². The second-order valence-electron chi connectivity index (χ2n) is 23.9. The van der Waals surface area contributed by atoms with Crippen molar-refractivity contribution >= 4 is 57.4 Å². The van der Waals surface area contributed by atoms with Crippen molar-refractivity contribution in [3.63, 3.8) is 0 Å². The van der Waals surface area contributed by atoms with Gasteiger partial charge in [-0.25, -0.2) is 4.98 Å². The molecule has 4 aromatic carbocycles. The SMILES string of the molecule is Cc1cc2c3c(n1)N(c1ccc4c(c1)C(C)(C)CCCC4(C)C)c1cc4c(cc1B3c1cc(C(C)(C)C)ccc1N2c1ccc(C(C)(C)C)cc1)C(C)(C)CCCC4(C)C. The van der Waals surface area contributed by atoms with Crippen molar-refractivity contribution in [1.82, 2.24) is 4.98 Å². The van der Waals surface area contributed by atoms with Crippen LogP contribution in [0.5, 0.6) is 0 Å². The van der Waals surface area contributed by atoms with Crippen LogP contribution in [0.15, 0.2) is 78.9 Å². The minimum atomic E-state index is -0.00536. The summed E-state index contributed by atoms with van der Waals surface area (Å²) in [5, 5.41) is 0. The van der Waals surface area contributed by atoms with Gasteiger partial charge in [-0.05, 0) is 157 Å². The molecule has 9 rings (SSSR count). The van der Waals surface area contributed by atoms with Crippen molar-refractivity contribution < 1.29 is 0 Å². The molecule has 0 bridgehead atoms. The third kappa shape index (κ3) is 6.48. The molecular formula is C56H70BN3. The molecule has 3 nitrogen and oxygen atoms in total. The van der Waals surface area contributed by atoms with Crippen molar-refractivity contribution in [2.24, 2.45) is 0 Å². The molecule has 0 unspecified atom stereocenters. The second-order valence-corrected chi connectivity index (χ2v) is 23.9. The number of fused-ring (bicyclic) bond motifs is 6. The zero-order valence-corrected chi connectivity index (χ0v) is 39.7. The normalized spacial score (nSPS) is 19.6. The molecule has 0 atom stereocenters. The molecule has 4 aliphatic rings. The van der Waals surface area contributed by atoms with E-state index in [1.54, 1.807) is 0 Å². The van der Waals surface area contributed by atoms with Gasteiger partial charge in [0.15, 0.2) is 0 Å². The van der Waals surface area contributed by atoms with Gasteiger partial charge in [-0.15, -0.1) is 0 Å². The molecule has 2 aliphatic heterocycles. The number of hydrogen-bond donors (Lipinski definition) is 0. The van der Waals surface area contributed by atoms with Crippen LogP contribution in [0.2, 0.25) is 0 Å². The highest BCUT2D eigenvalue weighted by Crippen LogP contribution is 2.51. The molecule has 1 aromatic heterocycles. The van der Waals surface area contributed by atoms with Crippen LogP contribution in [0.1, 0.15) is 175 Å². The van der Waals surface area contributed by atoms with Crippen LogP contribution < -0.4 is 26.2 Å². The molecular weight excluding hydrogens is 725 g/mol. The smallest absolute Gasteiger partial charge is 0.254 e. The van der Waals surface area contributed by atoms with E-state index in [0.717, 1.165) is 11.5 Å². The zero-order valence-electron chi connectivity index (χ0n) is 39.7. The van der Waals surface area contributed by atoms with E-state index in [9.17, 15) is 0 Å². The van der Waals surface area contributed by atoms with Gasteiger partial charge >= 0.3 is 0 Å². The summed E-state index contributed by atoms with van der Waals surface area (Å²) in [4.78, 5) is 10.8. The van der Waals surface area contributed by atoms with Gasteiger partial charge in [0.1, 0.15) is 5.82 Å². The van der Waals surface area contributed by atoms with Crippen LogP contribution in [0.3, 0.4) is 0 Å². The molecule has 0 saturated heterocycles. The molecule has 0 saturated carbocycles. The lowest BCUT2D eigenvalue weighted by Gasteiger charge is -2.45. The van der Waals surface area contributed by atoms with E-state index in [4.69, 9.17) is 4.98 Å². The Labute approximate surface area is 363 Å². The van der Waals surface area contributed by atoms with Crippen LogP contribution in [-0.4, -0.2) is 11.7 Å². The number of aryl methyl sites for hydroxylation is 1. The number of nitrogens with zero attached hydrogens (tertiary/aromatic N) is 3. The maximum absolute atomic E-state index is 5.67. The Bertz CT molecular complexity index is 2540. The lowest BCUT2D eigenvalue weighted by atomic mass is 9.33. The van der Waals surface area contributed by atoms with Gasteiger partial charge in [0.05, 0.1) is 0 Å². The minimum absolute atomic E-state index is 0.00536. The number of hydrogen-bond acceptors (Lipinski definition) is 3. The number of anilines is 6. The highest BCUT2D eigenvalue weighted by Gasteiger charge is 2.47. The molecule has 4 heteroatoms. The average molecular weight is 796 g/mol. The first kappa shape index (κ1) is 41.1. The van der Waals surface area contributed by atoms with Crippen LogP contribution in [0.25, 0.3) is 0 Å². The Balaban J connectivity index is 1.40. The van der Waals surface area contributed by atoms with Gasteiger partial charge in [0, 0.05) is 34.1 Å². The summed E-state index contributed by atoms with van der Waals surface area (Å²) in [6, 6.07) is 31.9. The Hall–Kier alpha value is -4.31. The average Bonchev–Trinajstić information content (AvgIpc) is 3.30. The third-order valence-corrected chi connectivity index (χ3v) is 15.4. The van der Waals surface area contributed by atoms with Crippen LogP contribution >= 0.6 is 0 Å². The lowest BCUT2D eigenvalue weighted by Crippen LogP contribution is -2.62. The quantitative estimate of drug-likeness (QED) is 0.128. The fraction of sp³-hybridized carbons (Fsp3) is 0.482. The first-order valence-corrected chi connectivity index (χ1v) is 23.1. The molecule has 60 heavy (non-hydrogen) atoms.